The number of carbonyl (C=O) groups is 1. The third kappa shape index (κ3) is 5.20. The summed E-state index contributed by atoms with van der Waals surface area (Å²) in [6, 6.07) is 11.6. The second-order valence-electron chi connectivity index (χ2n) is 6.71. The van der Waals surface area contributed by atoms with Gasteiger partial charge in [-0.05, 0) is 61.5 Å². The van der Waals surface area contributed by atoms with Crippen LogP contribution in [-0.4, -0.2) is 50.1 Å². The molecule has 1 N–H and O–H groups in total. The van der Waals surface area contributed by atoms with Gasteiger partial charge in [-0.1, -0.05) is 6.92 Å². The van der Waals surface area contributed by atoms with E-state index < -0.39 is 0 Å². The molecular weight excluding hydrogens is 345 g/mol. The Hall–Kier alpha value is -2.60. The number of anilines is 2. The van der Waals surface area contributed by atoms with E-state index in [9.17, 15) is 9.18 Å². The summed E-state index contributed by atoms with van der Waals surface area (Å²) in [4.78, 5) is 16.9. The van der Waals surface area contributed by atoms with Gasteiger partial charge in [-0.25, -0.2) is 4.39 Å². The van der Waals surface area contributed by atoms with Gasteiger partial charge in [-0.3, -0.25) is 4.79 Å². The highest BCUT2D eigenvalue weighted by molar-refractivity contribution is 5.92. The Morgan fingerprint density at radius 3 is 2.44 bits per heavy atom. The zero-order chi connectivity index (χ0) is 19.2. The number of carbonyl (C=O) groups excluding carboxylic acids is 1. The highest BCUT2D eigenvalue weighted by atomic mass is 19.1. The average Bonchev–Trinajstić information content (AvgIpc) is 2.68. The molecule has 0 atom stereocenters. The summed E-state index contributed by atoms with van der Waals surface area (Å²) in [5.74, 6) is -0.120. The highest BCUT2D eigenvalue weighted by Crippen LogP contribution is 2.24. The number of benzene rings is 2. The molecule has 0 saturated carbocycles. The number of piperazine rings is 1. The number of amides is 1. The molecule has 0 aromatic heterocycles. The van der Waals surface area contributed by atoms with Gasteiger partial charge in [-0.2, -0.15) is 0 Å². The lowest BCUT2D eigenvalue weighted by molar-refractivity contribution is -0.118. The number of aryl methyl sites for hydroxylation is 1. The number of ether oxygens (including phenoxy) is 1. The van der Waals surface area contributed by atoms with E-state index in [1.54, 1.807) is 0 Å². The summed E-state index contributed by atoms with van der Waals surface area (Å²) in [7, 11) is 0. The molecule has 2 aromatic carbocycles. The topological polar surface area (TPSA) is 44.8 Å². The fraction of sp³-hybridized carbons (Fsp3) is 0.381. The largest absolute Gasteiger partial charge is 0.484 e. The van der Waals surface area contributed by atoms with Crippen LogP contribution in [0.3, 0.4) is 0 Å². The van der Waals surface area contributed by atoms with Gasteiger partial charge in [0.2, 0.25) is 0 Å². The summed E-state index contributed by atoms with van der Waals surface area (Å²) >= 11 is 0. The fourth-order valence-electron chi connectivity index (χ4n) is 3.27. The molecule has 0 unspecified atom stereocenters. The van der Waals surface area contributed by atoms with E-state index in [4.69, 9.17) is 4.74 Å². The predicted molar refractivity (Wildman–Crippen MR) is 106 cm³/mol. The van der Waals surface area contributed by atoms with Crippen molar-refractivity contribution in [2.45, 2.75) is 13.8 Å². The third-order valence-corrected chi connectivity index (χ3v) is 4.82. The molecule has 1 heterocycles. The Balaban J connectivity index is 1.54. The third-order valence-electron chi connectivity index (χ3n) is 4.82. The predicted octanol–water partition coefficient (Wildman–Crippen LogP) is 3.29. The van der Waals surface area contributed by atoms with Crippen molar-refractivity contribution in [3.63, 3.8) is 0 Å². The zero-order valence-corrected chi connectivity index (χ0v) is 15.9. The number of nitrogens with one attached hydrogen (secondary N) is 1. The molecule has 2 aromatic rings. The Morgan fingerprint density at radius 2 is 1.81 bits per heavy atom. The van der Waals surface area contributed by atoms with Crippen molar-refractivity contribution >= 4 is 17.3 Å². The van der Waals surface area contributed by atoms with Crippen LogP contribution in [-0.2, 0) is 4.79 Å². The minimum absolute atomic E-state index is 0.120. The lowest BCUT2D eigenvalue weighted by Gasteiger charge is -2.36. The molecule has 1 aliphatic heterocycles. The van der Waals surface area contributed by atoms with Crippen LogP contribution in [0.1, 0.15) is 12.5 Å². The Labute approximate surface area is 159 Å². The first kappa shape index (κ1) is 19.2. The number of hydrogen-bond donors (Lipinski definition) is 1. The Kier molecular flexibility index (Phi) is 6.29. The lowest BCUT2D eigenvalue weighted by Crippen LogP contribution is -2.46. The summed E-state index contributed by atoms with van der Waals surface area (Å²) < 4.78 is 18.2. The van der Waals surface area contributed by atoms with Gasteiger partial charge in [0.1, 0.15) is 11.6 Å². The van der Waals surface area contributed by atoms with Crippen LogP contribution in [0.5, 0.6) is 5.75 Å². The van der Waals surface area contributed by atoms with E-state index in [0.29, 0.717) is 5.75 Å². The molecule has 0 bridgehead atoms. The molecule has 1 fully saturated rings. The van der Waals surface area contributed by atoms with E-state index >= 15 is 0 Å². The first-order chi connectivity index (χ1) is 13.0. The van der Waals surface area contributed by atoms with Crippen molar-refractivity contribution in [3.05, 3.63) is 53.8 Å². The summed E-state index contributed by atoms with van der Waals surface area (Å²) in [5.41, 5.74) is 3.10. The van der Waals surface area contributed by atoms with Crippen LogP contribution in [0.25, 0.3) is 0 Å². The van der Waals surface area contributed by atoms with Crippen molar-refractivity contribution in [2.75, 3.05) is 49.5 Å². The molecular formula is C21H26FN3O2. The fourth-order valence-corrected chi connectivity index (χ4v) is 3.27. The van der Waals surface area contributed by atoms with Gasteiger partial charge in [0.15, 0.2) is 6.61 Å². The first-order valence-electron chi connectivity index (χ1n) is 9.31. The second-order valence-corrected chi connectivity index (χ2v) is 6.71. The van der Waals surface area contributed by atoms with Crippen LogP contribution in [0, 0.1) is 12.7 Å². The molecule has 3 rings (SSSR count). The number of nitrogens with zero attached hydrogens (tertiary/aromatic N) is 2. The van der Waals surface area contributed by atoms with Crippen LogP contribution < -0.4 is 15.0 Å². The van der Waals surface area contributed by atoms with E-state index in [-0.39, 0.29) is 18.3 Å². The van der Waals surface area contributed by atoms with Crippen molar-refractivity contribution < 1.29 is 13.9 Å². The Morgan fingerprint density at radius 1 is 1.11 bits per heavy atom. The monoisotopic (exact) mass is 371 g/mol. The molecule has 0 spiro atoms. The van der Waals surface area contributed by atoms with Gasteiger partial charge in [0.05, 0.1) is 0 Å². The second kappa shape index (κ2) is 8.86. The highest BCUT2D eigenvalue weighted by Gasteiger charge is 2.17. The van der Waals surface area contributed by atoms with E-state index in [1.165, 1.54) is 30.0 Å². The smallest absolute Gasteiger partial charge is 0.262 e. The minimum atomic E-state index is -0.335. The van der Waals surface area contributed by atoms with Gasteiger partial charge < -0.3 is 19.9 Å². The van der Waals surface area contributed by atoms with Crippen LogP contribution in [0.4, 0.5) is 15.8 Å². The maximum absolute atomic E-state index is 12.9. The molecule has 1 amide bonds. The molecule has 144 valence electrons. The minimum Gasteiger partial charge on any atom is -0.484 e. The number of likely N-dealkylation sites (N-methyl/N-ethyl adjacent to an activating group) is 1. The molecule has 0 radical (unpaired) electrons. The van der Waals surface area contributed by atoms with Crippen molar-refractivity contribution in [1.82, 2.24) is 4.90 Å². The van der Waals surface area contributed by atoms with Gasteiger partial charge in [-0.15, -0.1) is 0 Å². The van der Waals surface area contributed by atoms with Crippen LogP contribution in [0.15, 0.2) is 42.5 Å². The zero-order valence-electron chi connectivity index (χ0n) is 15.9. The number of halogens is 1. The maximum Gasteiger partial charge on any atom is 0.262 e. The SMILES string of the molecule is CCN1CCN(c2ccc(NC(=O)COc3ccc(F)cc3)cc2C)CC1. The van der Waals surface area contributed by atoms with Gasteiger partial charge >= 0.3 is 0 Å². The van der Waals surface area contributed by atoms with Gasteiger partial charge in [0.25, 0.3) is 5.91 Å². The summed E-state index contributed by atoms with van der Waals surface area (Å²) in [6.45, 7) is 9.43. The molecule has 6 heteroatoms. The molecule has 1 aliphatic rings. The van der Waals surface area contributed by atoms with Crippen molar-refractivity contribution in [2.24, 2.45) is 0 Å². The lowest BCUT2D eigenvalue weighted by atomic mass is 10.1. The summed E-state index contributed by atoms with van der Waals surface area (Å²) in [6.07, 6.45) is 0. The molecule has 27 heavy (non-hydrogen) atoms. The van der Waals surface area contributed by atoms with E-state index in [0.717, 1.165) is 44.0 Å². The normalized spacial score (nSPS) is 14.9. The average molecular weight is 371 g/mol. The number of rotatable bonds is 6. The first-order valence-corrected chi connectivity index (χ1v) is 9.31. The molecule has 0 aliphatic carbocycles. The van der Waals surface area contributed by atoms with Crippen molar-refractivity contribution in [3.8, 4) is 5.75 Å². The quantitative estimate of drug-likeness (QED) is 0.846. The summed E-state index contributed by atoms with van der Waals surface area (Å²) in [5, 5.41) is 2.85. The molecule has 1 saturated heterocycles. The molecule has 5 nitrogen and oxygen atoms in total. The van der Waals surface area contributed by atoms with Gasteiger partial charge in [0, 0.05) is 37.6 Å². The standard InChI is InChI=1S/C21H26FN3O2/c1-3-24-10-12-25(13-11-24)20-9-6-18(14-16(20)2)23-21(26)15-27-19-7-4-17(22)5-8-19/h4-9,14H,3,10-13,15H2,1-2H3,(H,23,26). The van der Waals surface area contributed by atoms with Crippen LogP contribution >= 0.6 is 0 Å². The number of hydrogen-bond acceptors (Lipinski definition) is 4. The van der Waals surface area contributed by atoms with E-state index in [2.05, 4.69) is 35.0 Å². The van der Waals surface area contributed by atoms with Crippen LogP contribution in [0.2, 0.25) is 0 Å². The Bertz CT molecular complexity index is 771. The maximum atomic E-state index is 12.9. The van der Waals surface area contributed by atoms with Crippen molar-refractivity contribution in [1.29, 1.82) is 0 Å². The van der Waals surface area contributed by atoms with E-state index in [1.807, 2.05) is 12.1 Å².